The van der Waals surface area contributed by atoms with Crippen LogP contribution in [0.25, 0.3) is 0 Å². The number of urea groups is 1. The summed E-state index contributed by atoms with van der Waals surface area (Å²) in [5, 5.41) is 9.73. The second kappa shape index (κ2) is 8.14. The van der Waals surface area contributed by atoms with Gasteiger partial charge in [-0.3, -0.25) is 9.48 Å². The maximum Gasteiger partial charge on any atom is 0.319 e. The second-order valence-corrected chi connectivity index (χ2v) is 6.48. The predicted octanol–water partition coefficient (Wildman–Crippen LogP) is 1.30. The SMILES string of the molecule is COCCn1cc(NC(=O)NCC2(C(=O)N(C)C)CCCC2)cn1. The summed E-state index contributed by atoms with van der Waals surface area (Å²) in [6.45, 7) is 1.54. The molecular weight excluding hydrogens is 310 g/mol. The third-order valence-electron chi connectivity index (χ3n) is 4.42. The molecule has 3 amide bonds. The average Bonchev–Trinajstić information content (AvgIpc) is 3.20. The lowest BCUT2D eigenvalue weighted by Crippen LogP contribution is -2.47. The molecule has 0 saturated heterocycles. The Kier molecular flexibility index (Phi) is 6.19. The van der Waals surface area contributed by atoms with E-state index in [1.165, 1.54) is 0 Å². The van der Waals surface area contributed by atoms with Gasteiger partial charge in [-0.2, -0.15) is 5.10 Å². The van der Waals surface area contributed by atoms with Gasteiger partial charge in [-0.15, -0.1) is 0 Å². The third-order valence-corrected chi connectivity index (χ3v) is 4.42. The van der Waals surface area contributed by atoms with Crippen LogP contribution in [0.5, 0.6) is 0 Å². The highest BCUT2D eigenvalue weighted by molar-refractivity contribution is 5.90. The molecule has 0 spiro atoms. The smallest absolute Gasteiger partial charge is 0.319 e. The number of anilines is 1. The molecule has 0 aliphatic heterocycles. The van der Waals surface area contributed by atoms with Gasteiger partial charge in [0.2, 0.25) is 5.91 Å². The Bertz CT molecular complexity index is 564. The molecule has 0 bridgehead atoms. The molecule has 8 nitrogen and oxygen atoms in total. The van der Waals surface area contributed by atoms with Crippen LogP contribution in [0.15, 0.2) is 12.4 Å². The van der Waals surface area contributed by atoms with Gasteiger partial charge in [0.15, 0.2) is 0 Å². The maximum atomic E-state index is 12.5. The largest absolute Gasteiger partial charge is 0.383 e. The van der Waals surface area contributed by atoms with Crippen LogP contribution in [0.1, 0.15) is 25.7 Å². The van der Waals surface area contributed by atoms with Crippen LogP contribution < -0.4 is 10.6 Å². The van der Waals surface area contributed by atoms with Crippen LogP contribution in [0.2, 0.25) is 0 Å². The Balaban J connectivity index is 1.87. The standard InChI is InChI=1S/C16H27N5O3/c1-20(2)14(22)16(6-4-5-7-16)12-17-15(23)19-13-10-18-21(11-13)8-9-24-3/h10-11H,4-9,12H2,1-3H3,(H2,17,19,23). The normalized spacial score (nSPS) is 16.0. The van der Waals surface area contributed by atoms with Gasteiger partial charge in [-0.25, -0.2) is 4.79 Å². The van der Waals surface area contributed by atoms with Crippen molar-refractivity contribution in [1.29, 1.82) is 0 Å². The van der Waals surface area contributed by atoms with Crippen molar-refractivity contribution in [3.05, 3.63) is 12.4 Å². The van der Waals surface area contributed by atoms with E-state index in [2.05, 4.69) is 15.7 Å². The van der Waals surface area contributed by atoms with E-state index in [0.29, 0.717) is 25.4 Å². The van der Waals surface area contributed by atoms with E-state index in [4.69, 9.17) is 4.74 Å². The molecule has 2 rings (SSSR count). The summed E-state index contributed by atoms with van der Waals surface area (Å²) in [4.78, 5) is 26.2. The van der Waals surface area contributed by atoms with Crippen LogP contribution in [-0.2, 0) is 16.1 Å². The van der Waals surface area contributed by atoms with E-state index >= 15 is 0 Å². The number of hydrogen-bond donors (Lipinski definition) is 2. The Morgan fingerprint density at radius 1 is 1.38 bits per heavy atom. The molecule has 1 aliphatic rings. The highest BCUT2D eigenvalue weighted by Gasteiger charge is 2.42. The molecule has 8 heteroatoms. The van der Waals surface area contributed by atoms with Crippen LogP contribution in [0.4, 0.5) is 10.5 Å². The Labute approximate surface area is 142 Å². The van der Waals surface area contributed by atoms with E-state index in [1.807, 2.05) is 0 Å². The summed E-state index contributed by atoms with van der Waals surface area (Å²) >= 11 is 0. The number of rotatable bonds is 7. The van der Waals surface area contributed by atoms with Gasteiger partial charge in [0.05, 0.1) is 30.5 Å². The second-order valence-electron chi connectivity index (χ2n) is 6.48. The average molecular weight is 337 g/mol. The zero-order chi connectivity index (χ0) is 17.6. The highest BCUT2D eigenvalue weighted by atomic mass is 16.5. The van der Waals surface area contributed by atoms with Gasteiger partial charge in [0.25, 0.3) is 0 Å². The van der Waals surface area contributed by atoms with Crippen molar-refractivity contribution in [3.63, 3.8) is 0 Å². The molecule has 1 heterocycles. The molecule has 0 unspecified atom stereocenters. The molecule has 1 saturated carbocycles. The van der Waals surface area contributed by atoms with Crippen molar-refractivity contribution < 1.29 is 14.3 Å². The van der Waals surface area contributed by atoms with Crippen molar-refractivity contribution in [2.24, 2.45) is 5.41 Å². The van der Waals surface area contributed by atoms with Crippen LogP contribution in [-0.4, -0.2) is 61.0 Å². The summed E-state index contributed by atoms with van der Waals surface area (Å²) in [5.41, 5.74) is 0.145. The van der Waals surface area contributed by atoms with Gasteiger partial charge < -0.3 is 20.3 Å². The predicted molar refractivity (Wildman–Crippen MR) is 90.7 cm³/mol. The summed E-state index contributed by atoms with van der Waals surface area (Å²) in [6.07, 6.45) is 7.02. The lowest BCUT2D eigenvalue weighted by atomic mass is 9.84. The minimum atomic E-state index is -0.469. The molecule has 1 aliphatic carbocycles. The molecule has 1 fully saturated rings. The van der Waals surface area contributed by atoms with Gasteiger partial charge >= 0.3 is 6.03 Å². The fraction of sp³-hybridized carbons (Fsp3) is 0.688. The molecule has 0 atom stereocenters. The van der Waals surface area contributed by atoms with Gasteiger partial charge in [0.1, 0.15) is 0 Å². The summed E-state index contributed by atoms with van der Waals surface area (Å²) < 4.78 is 6.69. The number of nitrogens with zero attached hydrogens (tertiary/aromatic N) is 3. The minimum Gasteiger partial charge on any atom is -0.383 e. The van der Waals surface area contributed by atoms with Crippen molar-refractivity contribution in [3.8, 4) is 0 Å². The van der Waals surface area contributed by atoms with Crippen LogP contribution in [0.3, 0.4) is 0 Å². The van der Waals surface area contributed by atoms with Crippen molar-refractivity contribution in [1.82, 2.24) is 20.0 Å². The van der Waals surface area contributed by atoms with E-state index in [9.17, 15) is 9.59 Å². The monoisotopic (exact) mass is 337 g/mol. The molecular formula is C16H27N5O3. The van der Waals surface area contributed by atoms with Crippen LogP contribution >= 0.6 is 0 Å². The number of nitrogens with one attached hydrogen (secondary N) is 2. The molecule has 1 aromatic rings. The highest BCUT2D eigenvalue weighted by Crippen LogP contribution is 2.38. The zero-order valence-corrected chi connectivity index (χ0v) is 14.7. The quantitative estimate of drug-likeness (QED) is 0.785. The van der Waals surface area contributed by atoms with Gasteiger partial charge in [-0.05, 0) is 12.8 Å². The fourth-order valence-corrected chi connectivity index (χ4v) is 3.15. The third kappa shape index (κ3) is 4.47. The lowest BCUT2D eigenvalue weighted by Gasteiger charge is -2.30. The van der Waals surface area contributed by atoms with E-state index in [1.54, 1.807) is 43.2 Å². The zero-order valence-electron chi connectivity index (χ0n) is 14.7. The Morgan fingerprint density at radius 3 is 2.71 bits per heavy atom. The number of hydrogen-bond acceptors (Lipinski definition) is 4. The number of methoxy groups -OCH3 is 1. The molecule has 0 aromatic carbocycles. The Morgan fingerprint density at radius 2 is 2.08 bits per heavy atom. The lowest BCUT2D eigenvalue weighted by molar-refractivity contribution is -0.138. The molecule has 1 aromatic heterocycles. The first-order valence-electron chi connectivity index (χ1n) is 8.25. The summed E-state index contributed by atoms with van der Waals surface area (Å²) in [5.74, 6) is 0.0904. The van der Waals surface area contributed by atoms with Crippen molar-refractivity contribution >= 4 is 17.6 Å². The number of carbonyl (C=O) groups is 2. The Hall–Kier alpha value is -2.09. The number of aromatic nitrogens is 2. The first-order valence-corrected chi connectivity index (χ1v) is 8.25. The topological polar surface area (TPSA) is 88.5 Å². The first-order chi connectivity index (χ1) is 11.5. The first kappa shape index (κ1) is 18.3. The van der Waals surface area contributed by atoms with Gasteiger partial charge in [0, 0.05) is 33.9 Å². The number of ether oxygens (including phenoxy) is 1. The summed E-state index contributed by atoms with van der Waals surface area (Å²) in [7, 11) is 5.15. The summed E-state index contributed by atoms with van der Waals surface area (Å²) in [6, 6.07) is -0.320. The van der Waals surface area contributed by atoms with Crippen molar-refractivity contribution in [2.75, 3.05) is 39.7 Å². The molecule has 134 valence electrons. The van der Waals surface area contributed by atoms with Crippen LogP contribution in [0, 0.1) is 5.41 Å². The number of carbonyl (C=O) groups excluding carboxylic acids is 2. The van der Waals surface area contributed by atoms with Gasteiger partial charge in [-0.1, -0.05) is 12.8 Å². The molecule has 2 N–H and O–H groups in total. The van der Waals surface area contributed by atoms with Crippen molar-refractivity contribution in [2.45, 2.75) is 32.2 Å². The fourth-order valence-electron chi connectivity index (χ4n) is 3.15. The molecule has 0 radical (unpaired) electrons. The van der Waals surface area contributed by atoms with E-state index < -0.39 is 5.41 Å². The molecule has 24 heavy (non-hydrogen) atoms. The minimum absolute atomic E-state index is 0.0904. The number of amides is 3. The maximum absolute atomic E-state index is 12.5. The van der Waals surface area contributed by atoms with E-state index in [0.717, 1.165) is 25.7 Å². The van der Waals surface area contributed by atoms with E-state index in [-0.39, 0.29) is 11.9 Å².